The Morgan fingerprint density at radius 2 is 2.05 bits per heavy atom. The zero-order valence-corrected chi connectivity index (χ0v) is 11.3. The predicted molar refractivity (Wildman–Crippen MR) is 75.8 cm³/mol. The van der Waals surface area contributed by atoms with Gasteiger partial charge >= 0.3 is 0 Å². The minimum absolute atomic E-state index is 0.0613. The van der Waals surface area contributed by atoms with Crippen molar-refractivity contribution in [1.29, 1.82) is 0 Å². The summed E-state index contributed by atoms with van der Waals surface area (Å²) in [6.45, 7) is -0.0613. The molecule has 0 unspecified atom stereocenters. The number of rotatable bonds is 4. The second-order valence-electron chi connectivity index (χ2n) is 4.11. The molecular weight excluding hydrogens is 276 g/mol. The van der Waals surface area contributed by atoms with Crippen molar-refractivity contribution in [3.63, 3.8) is 0 Å². The van der Waals surface area contributed by atoms with E-state index in [9.17, 15) is 0 Å². The Morgan fingerprint density at radius 1 is 1.20 bits per heavy atom. The second kappa shape index (κ2) is 5.43. The van der Waals surface area contributed by atoms with Gasteiger partial charge in [0, 0.05) is 10.6 Å². The number of aromatic nitrogens is 5. The molecule has 3 rings (SSSR count). The van der Waals surface area contributed by atoms with Gasteiger partial charge in [0.15, 0.2) is 0 Å². The molecule has 0 aliphatic heterocycles. The van der Waals surface area contributed by atoms with Gasteiger partial charge in [-0.3, -0.25) is 4.98 Å². The van der Waals surface area contributed by atoms with Gasteiger partial charge in [0.1, 0.15) is 11.3 Å². The summed E-state index contributed by atoms with van der Waals surface area (Å²) in [5.41, 5.74) is 8.48. The lowest BCUT2D eigenvalue weighted by Crippen LogP contribution is -1.95. The van der Waals surface area contributed by atoms with Crippen LogP contribution in [0.5, 0.6) is 0 Å². The van der Waals surface area contributed by atoms with Crippen molar-refractivity contribution in [2.45, 2.75) is 17.3 Å². The molecule has 0 saturated carbocycles. The van der Waals surface area contributed by atoms with Crippen LogP contribution in [0.2, 0.25) is 0 Å². The number of hydrogen-bond acceptors (Lipinski definition) is 7. The first kappa shape index (κ1) is 12.8. The summed E-state index contributed by atoms with van der Waals surface area (Å²) < 4.78 is 0. The lowest BCUT2D eigenvalue weighted by atomic mass is 10.3. The summed E-state index contributed by atoms with van der Waals surface area (Å²) in [5, 5.41) is 19.6. The van der Waals surface area contributed by atoms with Gasteiger partial charge in [-0.25, -0.2) is 4.98 Å². The third kappa shape index (κ3) is 2.56. The van der Waals surface area contributed by atoms with Crippen molar-refractivity contribution < 1.29 is 5.11 Å². The molecule has 0 atom stereocenters. The van der Waals surface area contributed by atoms with E-state index in [1.54, 1.807) is 23.9 Å². The van der Waals surface area contributed by atoms with E-state index in [0.717, 1.165) is 10.6 Å². The number of aliphatic hydroxyl groups excluding tert-OH is 1. The Bertz CT molecular complexity index is 744. The van der Waals surface area contributed by atoms with E-state index in [1.165, 1.54) is 0 Å². The summed E-state index contributed by atoms with van der Waals surface area (Å²) >= 11 is 1.55. The molecule has 0 spiro atoms. The summed E-state index contributed by atoms with van der Waals surface area (Å²) in [5.74, 6) is 1.06. The molecule has 3 heterocycles. The first-order valence-corrected chi connectivity index (χ1v) is 6.90. The third-order valence-corrected chi connectivity index (χ3v) is 3.74. The number of aromatic amines is 1. The second-order valence-corrected chi connectivity index (χ2v) is 5.13. The molecule has 0 fully saturated rings. The average Bonchev–Trinajstić information content (AvgIpc) is 2.93. The van der Waals surface area contributed by atoms with E-state index in [1.807, 2.05) is 12.1 Å². The third-order valence-electron chi connectivity index (χ3n) is 2.68. The Labute approximate surface area is 118 Å². The number of thioether (sulfide) groups is 1. The highest BCUT2D eigenvalue weighted by Gasteiger charge is 2.09. The van der Waals surface area contributed by atoms with Gasteiger partial charge in [0.2, 0.25) is 5.65 Å². The molecule has 20 heavy (non-hydrogen) atoms. The Hall–Kier alpha value is -2.19. The SMILES string of the molecule is Nc1cc(SCc2cccc(CO)n2)c2n[nH]nc2n1. The predicted octanol–water partition coefficient (Wildman–Crippen LogP) is 1.11. The topological polar surface area (TPSA) is 114 Å². The maximum absolute atomic E-state index is 9.08. The van der Waals surface area contributed by atoms with Crippen LogP contribution in [0.4, 0.5) is 5.82 Å². The molecule has 0 aliphatic carbocycles. The smallest absolute Gasteiger partial charge is 0.204 e. The van der Waals surface area contributed by atoms with Gasteiger partial charge in [0.05, 0.1) is 18.0 Å². The van der Waals surface area contributed by atoms with E-state index < -0.39 is 0 Å². The number of nitrogens with two attached hydrogens (primary N) is 1. The number of fused-ring (bicyclic) bond motifs is 1. The summed E-state index contributed by atoms with van der Waals surface area (Å²) in [4.78, 5) is 9.32. The number of pyridine rings is 2. The molecule has 3 aromatic rings. The van der Waals surface area contributed by atoms with Crippen molar-refractivity contribution >= 4 is 28.7 Å². The van der Waals surface area contributed by atoms with Gasteiger partial charge in [-0.05, 0) is 18.2 Å². The monoisotopic (exact) mass is 288 g/mol. The summed E-state index contributed by atoms with van der Waals surface area (Å²) in [7, 11) is 0. The molecule has 0 amide bonds. The highest BCUT2D eigenvalue weighted by Crippen LogP contribution is 2.28. The van der Waals surface area contributed by atoms with Crippen molar-refractivity contribution in [3.8, 4) is 0 Å². The summed E-state index contributed by atoms with van der Waals surface area (Å²) in [6.07, 6.45) is 0. The molecule has 8 heteroatoms. The first-order valence-electron chi connectivity index (χ1n) is 5.92. The average molecular weight is 288 g/mol. The van der Waals surface area contributed by atoms with Crippen LogP contribution in [0.15, 0.2) is 29.2 Å². The number of hydrogen-bond donors (Lipinski definition) is 3. The van der Waals surface area contributed by atoms with E-state index in [0.29, 0.717) is 28.4 Å². The van der Waals surface area contributed by atoms with Crippen molar-refractivity contribution in [1.82, 2.24) is 25.4 Å². The number of H-pyrrole nitrogens is 1. The number of aliphatic hydroxyl groups is 1. The van der Waals surface area contributed by atoms with Crippen LogP contribution in [-0.2, 0) is 12.4 Å². The molecule has 7 nitrogen and oxygen atoms in total. The lowest BCUT2D eigenvalue weighted by Gasteiger charge is -2.04. The standard InChI is InChI=1S/C12H12N6OS/c13-10-4-9(11-12(15-10)17-18-16-11)20-6-8-3-1-2-7(5-19)14-8/h1-4,19H,5-6H2,(H3,13,15,16,17,18). The Balaban J connectivity index is 1.84. The maximum atomic E-state index is 9.08. The van der Waals surface area contributed by atoms with E-state index in [4.69, 9.17) is 10.8 Å². The van der Waals surface area contributed by atoms with Crippen molar-refractivity contribution in [2.24, 2.45) is 0 Å². The van der Waals surface area contributed by atoms with Crippen LogP contribution in [0, 0.1) is 0 Å². The number of nitrogens with one attached hydrogen (secondary N) is 1. The number of nitrogens with zero attached hydrogens (tertiary/aromatic N) is 4. The highest BCUT2D eigenvalue weighted by atomic mass is 32.2. The number of nitrogen functional groups attached to an aromatic ring is 1. The van der Waals surface area contributed by atoms with E-state index >= 15 is 0 Å². The quantitative estimate of drug-likeness (QED) is 0.616. The van der Waals surface area contributed by atoms with Crippen LogP contribution < -0.4 is 5.73 Å². The van der Waals surface area contributed by atoms with Gasteiger partial charge in [-0.15, -0.1) is 16.9 Å². The fourth-order valence-electron chi connectivity index (χ4n) is 1.79. The van der Waals surface area contributed by atoms with Crippen LogP contribution >= 0.6 is 11.8 Å². The molecule has 3 aromatic heterocycles. The molecule has 102 valence electrons. The molecule has 0 saturated heterocycles. The molecule has 4 N–H and O–H groups in total. The van der Waals surface area contributed by atoms with Gasteiger partial charge in [0.25, 0.3) is 0 Å². The number of anilines is 1. The Kier molecular flexibility index (Phi) is 3.48. The zero-order valence-electron chi connectivity index (χ0n) is 10.4. The molecule has 0 aromatic carbocycles. The van der Waals surface area contributed by atoms with Crippen LogP contribution in [0.25, 0.3) is 11.2 Å². The Morgan fingerprint density at radius 3 is 2.90 bits per heavy atom. The fourth-order valence-corrected chi connectivity index (χ4v) is 2.73. The van der Waals surface area contributed by atoms with Crippen LogP contribution in [0.3, 0.4) is 0 Å². The normalized spacial score (nSPS) is 11.1. The molecule has 0 bridgehead atoms. The zero-order chi connectivity index (χ0) is 13.9. The van der Waals surface area contributed by atoms with Crippen LogP contribution in [0.1, 0.15) is 11.4 Å². The minimum atomic E-state index is -0.0613. The van der Waals surface area contributed by atoms with E-state index in [2.05, 4.69) is 25.4 Å². The maximum Gasteiger partial charge on any atom is 0.204 e. The van der Waals surface area contributed by atoms with Gasteiger partial charge in [-0.1, -0.05) is 6.07 Å². The van der Waals surface area contributed by atoms with Crippen LogP contribution in [-0.4, -0.2) is 30.5 Å². The van der Waals surface area contributed by atoms with Crippen molar-refractivity contribution in [2.75, 3.05) is 5.73 Å². The highest BCUT2D eigenvalue weighted by molar-refractivity contribution is 7.98. The first-order chi connectivity index (χ1) is 9.76. The van der Waals surface area contributed by atoms with Gasteiger partial charge in [-0.2, -0.15) is 10.3 Å². The van der Waals surface area contributed by atoms with Crippen molar-refractivity contribution in [3.05, 3.63) is 35.7 Å². The fraction of sp³-hybridized carbons (Fsp3) is 0.167. The minimum Gasteiger partial charge on any atom is -0.390 e. The molecular formula is C12H12N6OS. The van der Waals surface area contributed by atoms with E-state index in [-0.39, 0.29) is 6.61 Å². The largest absolute Gasteiger partial charge is 0.390 e. The van der Waals surface area contributed by atoms with Gasteiger partial charge < -0.3 is 10.8 Å². The summed E-state index contributed by atoms with van der Waals surface area (Å²) in [6, 6.07) is 7.34. The molecule has 0 aliphatic rings. The lowest BCUT2D eigenvalue weighted by molar-refractivity contribution is 0.276. The molecule has 0 radical (unpaired) electrons.